The molecule has 0 bridgehead atoms. The summed E-state index contributed by atoms with van der Waals surface area (Å²) in [5, 5.41) is 34.6. The summed E-state index contributed by atoms with van der Waals surface area (Å²) in [6, 6.07) is 7.95. The molecule has 1 aromatic carbocycles. The summed E-state index contributed by atoms with van der Waals surface area (Å²) in [6.07, 6.45) is -5.89. The number of fused-ring (bicyclic) bond motifs is 1. The summed E-state index contributed by atoms with van der Waals surface area (Å²) in [4.78, 5) is 58.8. The number of aromatic nitrogens is 4. The van der Waals surface area contributed by atoms with E-state index >= 15 is 0 Å². The highest BCUT2D eigenvalue weighted by atomic mass is 31.3. The van der Waals surface area contributed by atoms with Crippen LogP contribution in [0.15, 0.2) is 43.0 Å². The topological polar surface area (TPSA) is 270 Å². The van der Waals surface area contributed by atoms with Crippen molar-refractivity contribution in [1.29, 1.82) is 0 Å². The number of para-hydroxylation sites is 1. The number of amides is 2. The summed E-state index contributed by atoms with van der Waals surface area (Å²) in [7, 11) is -10.6. The molecular formula is C20H22N6O12P2-2. The van der Waals surface area contributed by atoms with Gasteiger partial charge < -0.3 is 44.2 Å². The molecule has 20 heteroatoms. The van der Waals surface area contributed by atoms with E-state index in [-0.39, 0.29) is 17.0 Å². The van der Waals surface area contributed by atoms with Crippen LogP contribution in [-0.2, 0) is 27.5 Å². The van der Waals surface area contributed by atoms with Crippen LogP contribution >= 0.6 is 15.4 Å². The zero-order valence-electron chi connectivity index (χ0n) is 20.2. The van der Waals surface area contributed by atoms with Crippen LogP contribution in [-0.4, -0.2) is 77.9 Å². The molecule has 216 valence electrons. The molecule has 2 amide bonds. The van der Waals surface area contributed by atoms with E-state index in [4.69, 9.17) is 9.84 Å². The largest absolute Gasteiger partial charge is 0.778 e. The van der Waals surface area contributed by atoms with E-state index in [0.29, 0.717) is 5.69 Å². The van der Waals surface area contributed by atoms with Gasteiger partial charge in [-0.15, -0.1) is 0 Å². The quantitative estimate of drug-likeness (QED) is 0.175. The molecule has 1 saturated heterocycles. The summed E-state index contributed by atoms with van der Waals surface area (Å²) in [5.74, 6) is -1.47. The first kappa shape index (κ1) is 29.7. The van der Waals surface area contributed by atoms with Crippen LogP contribution in [0.1, 0.15) is 12.6 Å². The number of rotatable bonds is 11. The van der Waals surface area contributed by atoms with Gasteiger partial charge in [0.2, 0.25) is 0 Å². The number of imidazole rings is 1. The van der Waals surface area contributed by atoms with E-state index in [2.05, 4.69) is 34.4 Å². The first-order valence-corrected chi connectivity index (χ1v) is 14.5. The number of nitrogens with zero attached hydrogens (tertiary/aromatic N) is 4. The standard InChI is InChI=1S/C20H24N6O12P2/c27-13(28)6-7-39(32,33)38-40(34,35)36-8-12-15(29)16(30)19(37-12)26-10-23-14-17(21-9-22-18(14)26)25-20(31)24-11-4-2-1-3-5-11/h1-5,9-10,12,15-16,19,29-30H,6-8H2,(H,27,28)(H,32,33)(H,34,35)(H2,21,22,24,25,31)/p-2/t12-,15?,16+,19-/m1/s1. The second-order valence-corrected chi connectivity index (χ2v) is 11.8. The second-order valence-electron chi connectivity index (χ2n) is 8.34. The van der Waals surface area contributed by atoms with Crippen molar-refractivity contribution in [2.75, 3.05) is 23.4 Å². The number of ether oxygens (including phenoxy) is 1. The number of carbonyl (C=O) groups is 2. The Kier molecular flexibility index (Phi) is 8.94. The third-order valence-corrected chi connectivity index (χ3v) is 8.49. The lowest BCUT2D eigenvalue weighted by molar-refractivity contribution is -0.234. The lowest BCUT2D eigenvalue weighted by Gasteiger charge is -2.31. The van der Waals surface area contributed by atoms with Crippen LogP contribution in [0.3, 0.4) is 0 Å². The molecule has 40 heavy (non-hydrogen) atoms. The first-order chi connectivity index (χ1) is 18.8. The van der Waals surface area contributed by atoms with Crippen molar-refractivity contribution in [1.82, 2.24) is 19.5 Å². The van der Waals surface area contributed by atoms with Gasteiger partial charge in [-0.25, -0.2) is 19.7 Å². The number of urea groups is 1. The molecule has 1 aliphatic rings. The van der Waals surface area contributed by atoms with Gasteiger partial charge >= 0.3 is 12.0 Å². The van der Waals surface area contributed by atoms with E-state index in [9.17, 15) is 38.7 Å². The summed E-state index contributed by atoms with van der Waals surface area (Å²) < 4.78 is 38.9. The first-order valence-electron chi connectivity index (χ1n) is 11.4. The fourth-order valence-corrected chi connectivity index (χ4v) is 6.16. The molecule has 0 aliphatic carbocycles. The Morgan fingerprint density at radius 3 is 2.50 bits per heavy atom. The number of carbonyl (C=O) groups excluding carboxylic acids is 1. The van der Waals surface area contributed by atoms with Crippen LogP contribution in [0.2, 0.25) is 0 Å². The number of anilines is 2. The molecule has 1 fully saturated rings. The van der Waals surface area contributed by atoms with E-state index in [1.54, 1.807) is 30.3 Å². The molecule has 3 aromatic rings. The molecule has 2 aromatic heterocycles. The normalized spacial score (nSPS) is 23.8. The third kappa shape index (κ3) is 7.25. The average molecular weight is 600 g/mol. The van der Waals surface area contributed by atoms with Gasteiger partial charge in [-0.1, -0.05) is 18.2 Å². The highest BCUT2D eigenvalue weighted by molar-refractivity contribution is 7.62. The number of aliphatic hydroxyl groups excluding tert-OH is 2. The average Bonchev–Trinajstić information content (AvgIpc) is 3.43. The number of hydrogen-bond donors (Lipinski definition) is 5. The minimum atomic E-state index is -5.51. The Balaban J connectivity index is 1.42. The zero-order valence-corrected chi connectivity index (χ0v) is 22.0. The molecule has 18 nitrogen and oxygen atoms in total. The van der Waals surface area contributed by atoms with Gasteiger partial charge in [0, 0.05) is 11.8 Å². The van der Waals surface area contributed by atoms with Gasteiger partial charge in [0.05, 0.1) is 19.4 Å². The monoisotopic (exact) mass is 600 g/mol. The Labute approximate surface area is 224 Å². The Morgan fingerprint density at radius 1 is 1.07 bits per heavy atom. The Hall–Kier alpha value is -3.31. The van der Waals surface area contributed by atoms with Gasteiger partial charge in [0.15, 0.2) is 23.2 Å². The number of hydrogen-bond acceptors (Lipinski definition) is 14. The maximum absolute atomic E-state index is 12.4. The Bertz CT molecular complexity index is 1470. The van der Waals surface area contributed by atoms with Gasteiger partial charge in [0.1, 0.15) is 32.2 Å². The van der Waals surface area contributed by atoms with Crippen molar-refractivity contribution in [3.8, 4) is 0 Å². The maximum Gasteiger partial charge on any atom is 0.324 e. The lowest BCUT2D eigenvalue weighted by Crippen LogP contribution is -2.34. The van der Waals surface area contributed by atoms with Crippen molar-refractivity contribution in [3.63, 3.8) is 0 Å². The third-order valence-electron chi connectivity index (χ3n) is 5.45. The smallest absolute Gasteiger partial charge is 0.324 e. The number of phosphoric ester groups is 1. The number of aliphatic carboxylic acids is 1. The van der Waals surface area contributed by atoms with Crippen molar-refractivity contribution < 1.29 is 57.4 Å². The molecular weight excluding hydrogens is 578 g/mol. The maximum atomic E-state index is 12.4. The number of carboxylic acid groups (broad SMARTS) is 1. The van der Waals surface area contributed by atoms with Crippen molar-refractivity contribution >= 4 is 50.1 Å². The SMILES string of the molecule is O=C(O)CCP(=O)([O-])OP(=O)([O-])OC[C@H]1O[C@@H](n2cnc3c(NC(=O)Nc4ccccc4)ncnc32)[C@@H](O)C1O. The van der Waals surface area contributed by atoms with E-state index in [1.807, 2.05) is 0 Å². The van der Waals surface area contributed by atoms with Crippen LogP contribution in [0.5, 0.6) is 0 Å². The lowest BCUT2D eigenvalue weighted by atomic mass is 10.1. The Morgan fingerprint density at radius 2 is 1.80 bits per heavy atom. The molecule has 0 spiro atoms. The molecule has 6 atom stereocenters. The van der Waals surface area contributed by atoms with Crippen LogP contribution in [0, 0.1) is 0 Å². The summed E-state index contributed by atoms with van der Waals surface area (Å²) in [6.45, 7) is -0.956. The summed E-state index contributed by atoms with van der Waals surface area (Å²) in [5.41, 5.74) is 0.694. The minimum Gasteiger partial charge on any atom is -0.778 e. The van der Waals surface area contributed by atoms with Gasteiger partial charge in [0.25, 0.3) is 7.82 Å². The number of benzene rings is 1. The predicted molar refractivity (Wildman–Crippen MR) is 130 cm³/mol. The molecule has 0 saturated carbocycles. The molecule has 0 radical (unpaired) electrons. The number of carboxylic acids is 1. The van der Waals surface area contributed by atoms with E-state index < -0.39 is 71.1 Å². The highest BCUT2D eigenvalue weighted by Crippen LogP contribution is 2.55. The van der Waals surface area contributed by atoms with E-state index in [1.165, 1.54) is 10.9 Å². The molecule has 3 heterocycles. The van der Waals surface area contributed by atoms with Crippen LogP contribution in [0.4, 0.5) is 16.3 Å². The molecule has 1 aliphatic heterocycles. The fourth-order valence-electron chi connectivity index (χ4n) is 3.63. The summed E-state index contributed by atoms with van der Waals surface area (Å²) >= 11 is 0. The van der Waals surface area contributed by atoms with Gasteiger partial charge in [-0.2, -0.15) is 0 Å². The number of phosphoric acid groups is 1. The minimum absolute atomic E-state index is 0.0134. The van der Waals surface area contributed by atoms with Gasteiger partial charge in [-0.05, 0) is 12.1 Å². The van der Waals surface area contributed by atoms with Crippen molar-refractivity contribution in [3.05, 3.63) is 43.0 Å². The molecule has 5 N–H and O–H groups in total. The van der Waals surface area contributed by atoms with Crippen molar-refractivity contribution in [2.45, 2.75) is 31.0 Å². The highest BCUT2D eigenvalue weighted by Gasteiger charge is 2.45. The van der Waals surface area contributed by atoms with Crippen molar-refractivity contribution in [2.24, 2.45) is 0 Å². The number of nitrogens with one attached hydrogen (secondary N) is 2. The van der Waals surface area contributed by atoms with E-state index in [0.717, 1.165) is 6.33 Å². The zero-order chi connectivity index (χ0) is 29.1. The molecule has 3 unspecified atom stereocenters. The number of aliphatic hydroxyl groups is 2. The fraction of sp³-hybridized carbons (Fsp3) is 0.350. The van der Waals surface area contributed by atoms with Crippen LogP contribution < -0.4 is 20.4 Å². The van der Waals surface area contributed by atoms with Gasteiger partial charge in [-0.3, -0.25) is 23.6 Å². The second kappa shape index (κ2) is 12.1. The van der Waals surface area contributed by atoms with Crippen LogP contribution in [0.25, 0.3) is 11.2 Å². The molecule has 4 rings (SSSR count). The predicted octanol–water partition coefficient (Wildman–Crippen LogP) is -0.381.